The van der Waals surface area contributed by atoms with Gasteiger partial charge in [-0.2, -0.15) is 0 Å². The summed E-state index contributed by atoms with van der Waals surface area (Å²) < 4.78 is 0. The zero-order chi connectivity index (χ0) is 93.8. The highest BCUT2D eigenvalue weighted by Crippen LogP contribution is 2.20. The summed E-state index contributed by atoms with van der Waals surface area (Å²) in [5.41, 5.74) is 2.77. The maximum Gasteiger partial charge on any atom is 0.237 e. The molecule has 2 heterocycles. The number of amides is 2. The number of nitrogens with one attached hydrogen (secondary N) is 14. The number of nitrogens with zero attached hydrogens (tertiary/aromatic N) is 9. The van der Waals surface area contributed by atoms with Gasteiger partial charge in [-0.3, -0.25) is 28.8 Å². The van der Waals surface area contributed by atoms with Crippen molar-refractivity contribution < 1.29 is 28.8 Å². The van der Waals surface area contributed by atoms with Gasteiger partial charge in [0.2, 0.25) is 11.8 Å². The molecule has 0 bridgehead atoms. The Morgan fingerprint density at radius 1 is 0.306 bits per heavy atom. The molecule has 1 aromatic carbocycles. The van der Waals surface area contributed by atoms with Crippen molar-refractivity contribution in [1.29, 1.82) is 0 Å². The summed E-state index contributed by atoms with van der Waals surface area (Å²) >= 11 is 0. The molecule has 2 aliphatic heterocycles. The first-order valence-electron chi connectivity index (χ1n) is 49.2. The molecule has 29 nitrogen and oxygen atoms in total. The van der Waals surface area contributed by atoms with E-state index >= 15 is 0 Å². The molecule has 29 heteroatoms. The van der Waals surface area contributed by atoms with Crippen molar-refractivity contribution in [3.05, 3.63) is 23.8 Å². The van der Waals surface area contributed by atoms with Gasteiger partial charge in [0.25, 0.3) is 0 Å². The summed E-state index contributed by atoms with van der Waals surface area (Å²) in [7, 11) is 20.9. The van der Waals surface area contributed by atoms with Gasteiger partial charge in [0.05, 0.1) is 30.2 Å². The first kappa shape index (κ1) is 126. The Morgan fingerprint density at radius 2 is 0.532 bits per heavy atom. The summed E-state index contributed by atoms with van der Waals surface area (Å²) in [6.45, 7) is 68.1. The molecule has 1 aromatic rings. The van der Waals surface area contributed by atoms with E-state index in [1.54, 1.807) is 6.92 Å². The largest absolute Gasteiger partial charge is 0.385 e. The van der Waals surface area contributed by atoms with E-state index in [2.05, 4.69) is 174 Å². The van der Waals surface area contributed by atoms with Crippen LogP contribution in [0.4, 0.5) is 11.4 Å². The molecule has 5 atom stereocenters. The number of Topliss-reactive ketones (excluding diaryl/α,β-unsaturated/α-hetero) is 4. The lowest BCUT2D eigenvalue weighted by molar-refractivity contribution is -0.123. The van der Waals surface area contributed by atoms with Crippen LogP contribution in [0, 0.1) is 0 Å². The van der Waals surface area contributed by atoms with Crippen LogP contribution in [0.3, 0.4) is 0 Å². The van der Waals surface area contributed by atoms with E-state index < -0.39 is 0 Å². The van der Waals surface area contributed by atoms with Gasteiger partial charge in [-0.25, -0.2) is 0 Å². The van der Waals surface area contributed by atoms with Gasteiger partial charge < -0.3 is 119 Å². The predicted molar refractivity (Wildman–Crippen MR) is 534 cm³/mol. The van der Waals surface area contributed by atoms with Gasteiger partial charge in [-0.1, -0.05) is 108 Å². The Bertz CT molecular complexity index is 2320. The molecule has 0 saturated carbocycles. The smallest absolute Gasteiger partial charge is 0.237 e. The van der Waals surface area contributed by atoms with E-state index in [4.69, 9.17) is 0 Å². The standard InChI is InChI=1S/C21H47N7O2.2C16H36N4.C13H20N2O.2C10H22N2O.C9H20N2O/c1-22-12-8-6-10-18(24-3)20(29)26-14-16-28(5)17-15-27-21(30)19(25-4)11-7-9-13-23-2;2*1-5-17-9-11-18(6-2)13-15-20(8-4)16-14-19(7-3)12-10-17;1-4-13(16)10-7-11(14-5-2)9-12(8-10)15-6-3;2*1-4-10(13)9(12-3)7-5-6-8-11-2;1-8(12)9(11-3)6-4-5-7-10-2/h18-19,22-25H,6-17H2,1-5H3,(H,26,29)(H,27,30);2*5-16H2,1-4H3;7-9,14-15H,4-6H2,1-3H3;2*9,11-12H,4-8H2,1-3H3;9-11H,4-7H2,1-3H3. The maximum atomic E-state index is 12.3. The average Bonchev–Trinajstić information content (AvgIpc) is 0.853. The fraction of sp³-hybridized carbons (Fsp3) is 0.874. The van der Waals surface area contributed by atoms with Gasteiger partial charge in [0, 0.05) is 180 Å². The molecule has 734 valence electrons. The van der Waals surface area contributed by atoms with E-state index in [-0.39, 0.29) is 53.6 Å². The number of anilines is 2. The summed E-state index contributed by atoms with van der Waals surface area (Å²) in [6, 6.07) is 5.77. The second-order valence-electron chi connectivity index (χ2n) is 32.4. The molecule has 0 aromatic heterocycles. The zero-order valence-electron chi connectivity index (χ0n) is 85.1. The van der Waals surface area contributed by atoms with Crippen molar-refractivity contribution in [1.82, 2.24) is 108 Å². The van der Waals surface area contributed by atoms with Crippen LogP contribution in [0.5, 0.6) is 0 Å². The summed E-state index contributed by atoms with van der Waals surface area (Å²) in [4.78, 5) is 92.8. The van der Waals surface area contributed by atoms with Crippen molar-refractivity contribution in [2.24, 2.45) is 0 Å². The van der Waals surface area contributed by atoms with Crippen LogP contribution in [-0.2, 0) is 24.0 Å². The Hall–Kier alpha value is -4.32. The van der Waals surface area contributed by atoms with E-state index in [9.17, 15) is 28.8 Å². The highest BCUT2D eigenvalue weighted by Gasteiger charge is 2.21. The summed E-state index contributed by atoms with van der Waals surface area (Å²) in [5, 5.41) is 43.3. The third-order valence-electron chi connectivity index (χ3n) is 23.5. The second kappa shape index (κ2) is 90.6. The third-order valence-corrected chi connectivity index (χ3v) is 23.5. The zero-order valence-corrected chi connectivity index (χ0v) is 85.1. The molecule has 14 N–H and O–H groups in total. The first-order chi connectivity index (χ1) is 59.9. The number of ketones is 4. The number of carbonyl (C=O) groups is 6. The van der Waals surface area contributed by atoms with Gasteiger partial charge >= 0.3 is 0 Å². The minimum atomic E-state index is -0.141. The Morgan fingerprint density at radius 3 is 0.718 bits per heavy atom. The number of carbonyl (C=O) groups excluding carboxylic acids is 6. The average molecular weight is 1760 g/mol. The van der Waals surface area contributed by atoms with Crippen molar-refractivity contribution in [2.45, 2.75) is 243 Å². The Kier molecular flexibility index (Phi) is 92.0. The van der Waals surface area contributed by atoms with E-state index in [1.165, 1.54) is 157 Å². The van der Waals surface area contributed by atoms with Crippen LogP contribution in [0.2, 0.25) is 0 Å². The Balaban J connectivity index is -0.000000693. The first-order valence-corrected chi connectivity index (χ1v) is 49.2. The van der Waals surface area contributed by atoms with Crippen LogP contribution in [0.25, 0.3) is 0 Å². The lowest BCUT2D eigenvalue weighted by Crippen LogP contribution is -2.46. The molecule has 0 spiro atoms. The van der Waals surface area contributed by atoms with Crippen LogP contribution in [0.15, 0.2) is 18.2 Å². The van der Waals surface area contributed by atoms with Crippen LogP contribution < -0.4 is 74.4 Å². The minimum absolute atomic E-state index is 0.0544. The van der Waals surface area contributed by atoms with Crippen LogP contribution in [0.1, 0.15) is 223 Å². The molecule has 2 aliphatic rings. The van der Waals surface area contributed by atoms with Gasteiger partial charge in [0.15, 0.2) is 5.78 Å². The van der Waals surface area contributed by atoms with Gasteiger partial charge in [-0.05, 0) is 266 Å². The molecule has 2 amide bonds. The molecule has 5 unspecified atom stereocenters. The summed E-state index contributed by atoms with van der Waals surface area (Å²) in [5.74, 6) is 1.18. The van der Waals surface area contributed by atoms with Gasteiger partial charge in [-0.15, -0.1) is 0 Å². The second-order valence-corrected chi connectivity index (χ2v) is 32.4. The van der Waals surface area contributed by atoms with Crippen LogP contribution >= 0.6 is 0 Å². The Labute approximate surface area is 762 Å². The van der Waals surface area contributed by atoms with Gasteiger partial charge in [0.1, 0.15) is 17.3 Å². The van der Waals surface area contributed by atoms with E-state index in [0.29, 0.717) is 43.9 Å². The number of hydrogen-bond donors (Lipinski definition) is 14. The molecule has 0 aliphatic carbocycles. The molecular formula is C95H203N23O6. The fourth-order valence-electron chi connectivity index (χ4n) is 14.4. The highest BCUT2D eigenvalue weighted by atomic mass is 16.2. The molecule has 2 fully saturated rings. The molecule has 3 rings (SSSR count). The topological polar surface area (TPSA) is 300 Å². The normalized spacial score (nSPS) is 16.0. The molecular weight excluding hydrogens is 1560 g/mol. The van der Waals surface area contributed by atoms with Crippen molar-refractivity contribution in [3.8, 4) is 0 Å². The number of unbranched alkanes of at least 4 members (excludes halogenated alkanes) is 5. The minimum Gasteiger partial charge on any atom is -0.385 e. The SMILES string of the molecule is CCC(=O)C(CCCCNC)NC.CCC(=O)C(CCCCNC)NC.CCN1CCN(CC)CCN(CC)CCN(CC)CC1.CCN1CCN(CC)CCN(CC)CCN(CC)CC1.CCNc1cc(NCC)cc(C(=O)CC)c1.CNCCCCC(NC)C(=O)NCCN(C)CCNC(=O)C(CCCCNC)NC.CNCCCCC(NC)C(C)=O. The monoisotopic (exact) mass is 1760 g/mol. The number of likely N-dealkylation sites (N-methyl/N-ethyl adjacent to an activating group) is 14. The lowest BCUT2D eigenvalue weighted by atomic mass is 10.0. The number of hydrogen-bond acceptors (Lipinski definition) is 27. The third kappa shape index (κ3) is 69.6. The van der Waals surface area contributed by atoms with Crippen molar-refractivity contribution in [2.75, 3.05) is 317 Å². The maximum absolute atomic E-state index is 12.3. The summed E-state index contributed by atoms with van der Waals surface area (Å²) in [6.07, 6.45) is 17.3. The molecule has 124 heavy (non-hydrogen) atoms. The quantitative estimate of drug-likeness (QED) is 0.0225. The molecule has 0 radical (unpaired) electrons. The number of rotatable bonds is 57. The van der Waals surface area contributed by atoms with Crippen LogP contribution in [-0.4, -0.2) is 416 Å². The fourth-order valence-corrected chi connectivity index (χ4v) is 14.4. The molecule has 2 saturated heterocycles. The van der Waals surface area contributed by atoms with E-state index in [0.717, 1.165) is 172 Å². The van der Waals surface area contributed by atoms with Crippen molar-refractivity contribution in [3.63, 3.8) is 0 Å². The number of benzene rings is 1. The van der Waals surface area contributed by atoms with Crippen molar-refractivity contribution >= 4 is 46.3 Å². The predicted octanol–water partition coefficient (Wildman–Crippen LogP) is 7.26. The van der Waals surface area contributed by atoms with E-state index in [1.807, 2.05) is 130 Å². The highest BCUT2D eigenvalue weighted by molar-refractivity contribution is 5.98. The lowest BCUT2D eigenvalue weighted by Gasteiger charge is -2.33.